The highest BCUT2D eigenvalue weighted by atomic mass is 79.9. The fraction of sp³-hybridized carbons (Fsp3) is 0.250. The van der Waals surface area contributed by atoms with Crippen molar-refractivity contribution in [2.24, 2.45) is 0 Å². The van der Waals surface area contributed by atoms with Gasteiger partial charge in [-0.25, -0.2) is 0 Å². The van der Waals surface area contributed by atoms with Crippen LogP contribution in [0.25, 0.3) is 22.3 Å². The Hall–Kier alpha value is -2.50. The van der Waals surface area contributed by atoms with Crippen molar-refractivity contribution in [2.45, 2.75) is 12.8 Å². The monoisotopic (exact) mass is 456 g/mol. The maximum Gasteiger partial charge on any atom is 0.172 e. The SMILES string of the molecule is COCCCCOc1ccc(-c2ccc(-c3cc(Br)c(O)c(OC)c3)cc2)cc1. The van der Waals surface area contributed by atoms with E-state index in [1.165, 1.54) is 0 Å². The lowest BCUT2D eigenvalue weighted by atomic mass is 10.00. The van der Waals surface area contributed by atoms with E-state index in [1.54, 1.807) is 14.2 Å². The van der Waals surface area contributed by atoms with Crippen LogP contribution in [0.4, 0.5) is 0 Å². The molecule has 3 rings (SSSR count). The van der Waals surface area contributed by atoms with Gasteiger partial charge in [0.05, 0.1) is 18.2 Å². The lowest BCUT2D eigenvalue weighted by Gasteiger charge is -2.10. The molecule has 3 aromatic carbocycles. The second kappa shape index (κ2) is 10.3. The molecule has 0 bridgehead atoms. The van der Waals surface area contributed by atoms with Crippen LogP contribution in [0, 0.1) is 0 Å². The van der Waals surface area contributed by atoms with Gasteiger partial charge >= 0.3 is 0 Å². The van der Waals surface area contributed by atoms with E-state index in [-0.39, 0.29) is 5.75 Å². The zero-order chi connectivity index (χ0) is 20.6. The van der Waals surface area contributed by atoms with Gasteiger partial charge in [-0.3, -0.25) is 0 Å². The Bertz CT molecular complexity index is 921. The third kappa shape index (κ3) is 5.52. The first-order chi connectivity index (χ1) is 14.1. The molecule has 5 heteroatoms. The Morgan fingerprint density at radius 2 is 1.31 bits per heavy atom. The van der Waals surface area contributed by atoms with Crippen LogP contribution in [0.1, 0.15) is 12.8 Å². The predicted molar refractivity (Wildman–Crippen MR) is 120 cm³/mol. The van der Waals surface area contributed by atoms with E-state index in [0.717, 1.165) is 47.5 Å². The predicted octanol–water partition coefficient (Wildman–Crippen LogP) is 6.30. The van der Waals surface area contributed by atoms with E-state index in [1.807, 2.05) is 24.3 Å². The molecule has 0 heterocycles. The Morgan fingerprint density at radius 1 is 0.759 bits per heavy atom. The normalized spacial score (nSPS) is 10.7. The summed E-state index contributed by atoms with van der Waals surface area (Å²) in [5, 5.41) is 9.99. The Labute approximate surface area is 180 Å². The van der Waals surface area contributed by atoms with Crippen molar-refractivity contribution in [1.82, 2.24) is 0 Å². The fourth-order valence-electron chi connectivity index (χ4n) is 3.03. The standard InChI is InChI=1S/C24H25BrO4/c1-27-13-3-4-14-29-21-11-9-18(10-12-21)17-5-7-19(8-6-17)20-15-22(25)24(26)23(16-20)28-2/h5-12,15-16,26H,3-4,13-14H2,1-2H3. The van der Waals surface area contributed by atoms with Crippen LogP contribution in [0.2, 0.25) is 0 Å². The third-order valence-electron chi connectivity index (χ3n) is 4.67. The molecule has 1 N–H and O–H groups in total. The molecule has 0 atom stereocenters. The number of rotatable bonds is 9. The first-order valence-electron chi connectivity index (χ1n) is 9.51. The maximum atomic E-state index is 9.99. The molecule has 0 saturated heterocycles. The average Bonchev–Trinajstić information content (AvgIpc) is 2.76. The van der Waals surface area contributed by atoms with Crippen LogP contribution in [0.15, 0.2) is 65.1 Å². The van der Waals surface area contributed by atoms with Crippen LogP contribution in [0.3, 0.4) is 0 Å². The van der Waals surface area contributed by atoms with E-state index in [0.29, 0.717) is 16.8 Å². The number of benzene rings is 3. The van der Waals surface area contributed by atoms with Gasteiger partial charge in [-0.15, -0.1) is 0 Å². The molecule has 0 amide bonds. The average molecular weight is 457 g/mol. The second-order valence-corrected chi connectivity index (χ2v) is 7.51. The van der Waals surface area contributed by atoms with Gasteiger partial charge in [0.25, 0.3) is 0 Å². The molecule has 0 aliphatic rings. The molecule has 0 aliphatic carbocycles. The number of hydrogen-bond acceptors (Lipinski definition) is 4. The summed E-state index contributed by atoms with van der Waals surface area (Å²) >= 11 is 3.37. The molecule has 0 unspecified atom stereocenters. The number of phenolic OH excluding ortho intramolecular Hbond substituents is 1. The molecule has 3 aromatic rings. The highest BCUT2D eigenvalue weighted by Crippen LogP contribution is 2.38. The lowest BCUT2D eigenvalue weighted by molar-refractivity contribution is 0.184. The highest BCUT2D eigenvalue weighted by Gasteiger charge is 2.10. The summed E-state index contributed by atoms with van der Waals surface area (Å²) in [5.41, 5.74) is 4.28. The van der Waals surface area contributed by atoms with E-state index in [9.17, 15) is 5.11 Å². The minimum Gasteiger partial charge on any atom is -0.503 e. The second-order valence-electron chi connectivity index (χ2n) is 6.66. The van der Waals surface area contributed by atoms with Gasteiger partial charge in [0.1, 0.15) is 5.75 Å². The number of ether oxygens (including phenoxy) is 3. The van der Waals surface area contributed by atoms with Crippen molar-refractivity contribution < 1.29 is 19.3 Å². The van der Waals surface area contributed by atoms with E-state index < -0.39 is 0 Å². The van der Waals surface area contributed by atoms with E-state index in [2.05, 4.69) is 52.3 Å². The van der Waals surface area contributed by atoms with Gasteiger partial charge in [-0.2, -0.15) is 0 Å². The zero-order valence-electron chi connectivity index (χ0n) is 16.7. The topological polar surface area (TPSA) is 47.9 Å². The molecule has 0 aliphatic heterocycles. The molecule has 0 fully saturated rings. The number of halogens is 1. The Balaban J connectivity index is 1.68. The molecule has 0 saturated carbocycles. The summed E-state index contributed by atoms with van der Waals surface area (Å²) in [6.07, 6.45) is 1.99. The van der Waals surface area contributed by atoms with Gasteiger partial charge in [0.2, 0.25) is 0 Å². The zero-order valence-corrected chi connectivity index (χ0v) is 18.2. The molecule has 4 nitrogen and oxygen atoms in total. The maximum absolute atomic E-state index is 9.99. The minimum atomic E-state index is 0.105. The number of unbranched alkanes of at least 4 members (excludes halogenated alkanes) is 1. The summed E-state index contributed by atoms with van der Waals surface area (Å²) in [6, 6.07) is 20.1. The molecule has 0 spiro atoms. The lowest BCUT2D eigenvalue weighted by Crippen LogP contribution is -1.99. The summed E-state index contributed by atoms with van der Waals surface area (Å²) < 4.78 is 16.7. The molecule has 152 valence electrons. The number of hydrogen-bond donors (Lipinski definition) is 1. The first kappa shape index (κ1) is 21.2. The molecule has 0 aromatic heterocycles. The van der Waals surface area contributed by atoms with Gasteiger partial charge in [-0.05, 0) is 75.3 Å². The molecule has 0 radical (unpaired) electrons. The van der Waals surface area contributed by atoms with Gasteiger partial charge in [0, 0.05) is 13.7 Å². The first-order valence-corrected chi connectivity index (χ1v) is 10.3. The largest absolute Gasteiger partial charge is 0.503 e. The van der Waals surface area contributed by atoms with Crippen molar-refractivity contribution in [3.63, 3.8) is 0 Å². The summed E-state index contributed by atoms with van der Waals surface area (Å²) in [6.45, 7) is 1.47. The van der Waals surface area contributed by atoms with Crippen LogP contribution in [-0.4, -0.2) is 32.5 Å². The van der Waals surface area contributed by atoms with Gasteiger partial charge in [0.15, 0.2) is 11.5 Å². The number of phenols is 1. The van der Waals surface area contributed by atoms with Crippen molar-refractivity contribution in [2.75, 3.05) is 27.4 Å². The quantitative estimate of drug-likeness (QED) is 0.383. The number of aromatic hydroxyl groups is 1. The van der Waals surface area contributed by atoms with Crippen molar-refractivity contribution in [3.8, 4) is 39.5 Å². The highest BCUT2D eigenvalue weighted by molar-refractivity contribution is 9.10. The van der Waals surface area contributed by atoms with Gasteiger partial charge < -0.3 is 19.3 Å². The Kier molecular flexibility index (Phi) is 7.55. The van der Waals surface area contributed by atoms with Crippen LogP contribution in [0.5, 0.6) is 17.2 Å². The summed E-state index contributed by atoms with van der Waals surface area (Å²) in [4.78, 5) is 0. The van der Waals surface area contributed by atoms with Gasteiger partial charge in [-0.1, -0.05) is 36.4 Å². The van der Waals surface area contributed by atoms with Crippen LogP contribution in [-0.2, 0) is 4.74 Å². The summed E-state index contributed by atoms with van der Waals surface area (Å²) in [5.74, 6) is 1.42. The van der Waals surface area contributed by atoms with Crippen LogP contribution < -0.4 is 9.47 Å². The molecule has 29 heavy (non-hydrogen) atoms. The molecular formula is C24H25BrO4. The van der Waals surface area contributed by atoms with Crippen molar-refractivity contribution in [1.29, 1.82) is 0 Å². The van der Waals surface area contributed by atoms with Crippen molar-refractivity contribution >= 4 is 15.9 Å². The molecular weight excluding hydrogens is 432 g/mol. The smallest absolute Gasteiger partial charge is 0.172 e. The van der Waals surface area contributed by atoms with E-state index >= 15 is 0 Å². The van der Waals surface area contributed by atoms with Crippen molar-refractivity contribution in [3.05, 3.63) is 65.1 Å². The third-order valence-corrected chi connectivity index (χ3v) is 5.27. The number of methoxy groups -OCH3 is 2. The minimum absolute atomic E-state index is 0.105. The summed E-state index contributed by atoms with van der Waals surface area (Å²) in [7, 11) is 3.26. The van der Waals surface area contributed by atoms with Crippen LogP contribution >= 0.6 is 15.9 Å². The van der Waals surface area contributed by atoms with E-state index in [4.69, 9.17) is 14.2 Å². The fourth-order valence-corrected chi connectivity index (χ4v) is 3.48. The Morgan fingerprint density at radius 3 is 1.90 bits per heavy atom.